The minimum Gasteiger partial charge on any atom is -0.295 e. The molecule has 1 aromatic rings. The monoisotopic (exact) mass is 256 g/mol. The topological polar surface area (TPSA) is 36.8 Å². The SMILES string of the molecule is CN1CC[NH+](NC(=O)c2c(F)cccc2F)CC1. The van der Waals surface area contributed by atoms with Crippen LogP contribution in [-0.2, 0) is 0 Å². The van der Waals surface area contributed by atoms with E-state index in [4.69, 9.17) is 0 Å². The van der Waals surface area contributed by atoms with Gasteiger partial charge < -0.3 is 0 Å². The van der Waals surface area contributed by atoms with Gasteiger partial charge in [-0.2, -0.15) is 5.43 Å². The van der Waals surface area contributed by atoms with Crippen LogP contribution in [0.2, 0.25) is 0 Å². The van der Waals surface area contributed by atoms with Gasteiger partial charge in [-0.15, -0.1) is 0 Å². The zero-order chi connectivity index (χ0) is 13.1. The normalized spacial score (nSPS) is 17.7. The lowest BCUT2D eigenvalue weighted by molar-refractivity contribution is -0.939. The Bertz CT molecular complexity index is 425. The summed E-state index contributed by atoms with van der Waals surface area (Å²) in [5.41, 5.74) is 2.10. The van der Waals surface area contributed by atoms with E-state index >= 15 is 0 Å². The lowest BCUT2D eigenvalue weighted by Crippen LogP contribution is -3.21. The molecular weight excluding hydrogens is 240 g/mol. The third kappa shape index (κ3) is 2.83. The lowest BCUT2D eigenvalue weighted by Gasteiger charge is -2.28. The first kappa shape index (κ1) is 12.9. The lowest BCUT2D eigenvalue weighted by atomic mass is 10.2. The van der Waals surface area contributed by atoms with Crippen molar-refractivity contribution in [2.24, 2.45) is 0 Å². The molecule has 1 aliphatic heterocycles. The van der Waals surface area contributed by atoms with Gasteiger partial charge in [0.25, 0.3) is 0 Å². The fraction of sp³-hybridized carbons (Fsp3) is 0.417. The largest absolute Gasteiger partial charge is 0.301 e. The molecule has 0 aliphatic carbocycles. The van der Waals surface area contributed by atoms with Crippen molar-refractivity contribution in [3.63, 3.8) is 0 Å². The van der Waals surface area contributed by atoms with Crippen molar-refractivity contribution >= 4 is 5.91 Å². The molecule has 0 saturated carbocycles. The van der Waals surface area contributed by atoms with Crippen LogP contribution in [-0.4, -0.2) is 44.0 Å². The van der Waals surface area contributed by atoms with Gasteiger partial charge in [-0.3, -0.25) is 9.69 Å². The number of nitrogens with zero attached hydrogens (tertiary/aromatic N) is 1. The number of rotatable bonds is 2. The average Bonchev–Trinajstić information content (AvgIpc) is 2.32. The van der Waals surface area contributed by atoms with Crippen LogP contribution >= 0.6 is 0 Å². The molecule has 1 aromatic carbocycles. The van der Waals surface area contributed by atoms with Crippen LogP contribution < -0.4 is 10.4 Å². The maximum atomic E-state index is 13.4. The highest BCUT2D eigenvalue weighted by atomic mass is 19.1. The predicted molar refractivity (Wildman–Crippen MR) is 62.0 cm³/mol. The fourth-order valence-electron chi connectivity index (χ4n) is 1.95. The van der Waals surface area contributed by atoms with Crippen molar-refractivity contribution < 1.29 is 18.6 Å². The summed E-state index contributed by atoms with van der Waals surface area (Å²) in [5.74, 6) is -2.37. The summed E-state index contributed by atoms with van der Waals surface area (Å²) in [4.78, 5) is 13.9. The summed E-state index contributed by atoms with van der Waals surface area (Å²) < 4.78 is 26.8. The number of quaternary nitrogens is 1. The molecule has 1 saturated heterocycles. The van der Waals surface area contributed by atoms with E-state index in [1.165, 1.54) is 6.07 Å². The van der Waals surface area contributed by atoms with Crippen LogP contribution in [0, 0.1) is 11.6 Å². The van der Waals surface area contributed by atoms with Crippen molar-refractivity contribution in [3.05, 3.63) is 35.4 Å². The number of carbonyl (C=O) groups is 1. The summed E-state index contributed by atoms with van der Waals surface area (Å²) in [7, 11) is 2.00. The second kappa shape index (κ2) is 5.41. The molecular formula is C12H16F2N3O+. The van der Waals surface area contributed by atoms with Crippen molar-refractivity contribution in [2.75, 3.05) is 33.2 Å². The first-order chi connectivity index (χ1) is 8.58. The maximum absolute atomic E-state index is 13.4. The molecule has 0 bridgehead atoms. The molecule has 6 heteroatoms. The average molecular weight is 256 g/mol. The van der Waals surface area contributed by atoms with E-state index in [1.54, 1.807) is 0 Å². The van der Waals surface area contributed by atoms with Crippen LogP contribution in [0.15, 0.2) is 18.2 Å². The number of nitrogens with one attached hydrogen (secondary N) is 2. The molecule has 2 N–H and O–H groups in total. The standard InChI is InChI=1S/C12H15F2N3O/c1-16-5-7-17(8-6-16)15-12(18)11-9(13)3-2-4-10(11)14/h2-4H,5-8H2,1H3,(H,15,18)/p+1. The molecule has 0 radical (unpaired) electrons. The number of piperazine rings is 1. The smallest absolute Gasteiger partial charge is 0.295 e. The van der Waals surface area contributed by atoms with Crippen LogP contribution in [0.3, 0.4) is 0 Å². The Morgan fingerprint density at radius 2 is 1.83 bits per heavy atom. The summed E-state index contributed by atoms with van der Waals surface area (Å²) in [6.45, 7) is 3.13. The molecule has 2 rings (SSSR count). The quantitative estimate of drug-likeness (QED) is 0.744. The summed E-state index contributed by atoms with van der Waals surface area (Å²) in [6.07, 6.45) is 0. The van der Waals surface area contributed by atoms with E-state index in [1.807, 2.05) is 7.05 Å². The molecule has 98 valence electrons. The molecule has 1 fully saturated rings. The fourth-order valence-corrected chi connectivity index (χ4v) is 1.95. The van der Waals surface area contributed by atoms with E-state index in [-0.39, 0.29) is 0 Å². The zero-order valence-corrected chi connectivity index (χ0v) is 10.2. The van der Waals surface area contributed by atoms with Gasteiger partial charge in [-0.05, 0) is 19.2 Å². The van der Waals surface area contributed by atoms with Gasteiger partial charge in [0, 0.05) is 13.1 Å². The number of benzene rings is 1. The van der Waals surface area contributed by atoms with E-state index in [0.29, 0.717) is 0 Å². The highest BCUT2D eigenvalue weighted by Crippen LogP contribution is 2.10. The van der Waals surface area contributed by atoms with Crippen molar-refractivity contribution in [2.45, 2.75) is 0 Å². The predicted octanol–water partition coefficient (Wildman–Crippen LogP) is -0.560. The molecule has 0 unspecified atom stereocenters. The Morgan fingerprint density at radius 3 is 2.39 bits per heavy atom. The van der Waals surface area contributed by atoms with Gasteiger partial charge in [0.15, 0.2) is 0 Å². The minimum atomic E-state index is -0.832. The van der Waals surface area contributed by atoms with E-state index < -0.39 is 23.1 Å². The number of carbonyl (C=O) groups excluding carboxylic acids is 1. The Kier molecular flexibility index (Phi) is 3.88. The van der Waals surface area contributed by atoms with Gasteiger partial charge in [0.2, 0.25) is 0 Å². The Hall–Kier alpha value is -1.53. The Balaban J connectivity index is 2.04. The molecule has 1 amide bonds. The highest BCUT2D eigenvalue weighted by molar-refractivity contribution is 5.93. The number of amides is 1. The molecule has 0 aromatic heterocycles. The van der Waals surface area contributed by atoms with Gasteiger partial charge in [0.05, 0.1) is 0 Å². The third-order valence-corrected chi connectivity index (χ3v) is 3.07. The first-order valence-corrected chi connectivity index (χ1v) is 5.86. The third-order valence-electron chi connectivity index (χ3n) is 3.07. The minimum absolute atomic E-state index is 0.510. The van der Waals surface area contributed by atoms with Crippen molar-refractivity contribution in [3.8, 4) is 0 Å². The first-order valence-electron chi connectivity index (χ1n) is 5.86. The zero-order valence-electron chi connectivity index (χ0n) is 10.2. The number of hydrogen-bond acceptors (Lipinski definition) is 2. The van der Waals surface area contributed by atoms with E-state index in [2.05, 4.69) is 10.3 Å². The summed E-state index contributed by atoms with van der Waals surface area (Å²) >= 11 is 0. The molecule has 1 aliphatic rings. The van der Waals surface area contributed by atoms with Crippen LogP contribution in [0.25, 0.3) is 0 Å². The number of halogens is 2. The van der Waals surface area contributed by atoms with Crippen molar-refractivity contribution in [1.82, 2.24) is 10.3 Å². The van der Waals surface area contributed by atoms with Gasteiger partial charge >= 0.3 is 5.91 Å². The Labute approximate surface area is 104 Å². The summed E-state index contributed by atoms with van der Waals surface area (Å²) in [5, 5.41) is 0.834. The molecule has 0 atom stereocenters. The molecule has 18 heavy (non-hydrogen) atoms. The molecule has 1 heterocycles. The van der Waals surface area contributed by atoms with E-state index in [0.717, 1.165) is 43.3 Å². The van der Waals surface area contributed by atoms with Gasteiger partial charge in [0.1, 0.15) is 30.3 Å². The van der Waals surface area contributed by atoms with Gasteiger partial charge in [-0.25, -0.2) is 13.8 Å². The highest BCUT2D eigenvalue weighted by Gasteiger charge is 2.23. The number of likely N-dealkylation sites (N-methyl/N-ethyl adjacent to an activating group) is 1. The van der Waals surface area contributed by atoms with Crippen molar-refractivity contribution in [1.29, 1.82) is 0 Å². The van der Waals surface area contributed by atoms with E-state index in [9.17, 15) is 13.6 Å². The summed E-state index contributed by atoms with van der Waals surface area (Å²) in [6, 6.07) is 3.40. The second-order valence-corrected chi connectivity index (χ2v) is 4.46. The Morgan fingerprint density at radius 1 is 1.28 bits per heavy atom. The van der Waals surface area contributed by atoms with Crippen LogP contribution in [0.5, 0.6) is 0 Å². The number of hydrogen-bond donors (Lipinski definition) is 2. The molecule has 4 nitrogen and oxygen atoms in total. The van der Waals surface area contributed by atoms with Crippen LogP contribution in [0.1, 0.15) is 10.4 Å². The molecule has 0 spiro atoms. The second-order valence-electron chi connectivity index (χ2n) is 4.46. The van der Waals surface area contributed by atoms with Crippen LogP contribution in [0.4, 0.5) is 8.78 Å². The maximum Gasteiger partial charge on any atom is 0.301 e. The van der Waals surface area contributed by atoms with Gasteiger partial charge in [-0.1, -0.05) is 6.07 Å².